The fourth-order valence-electron chi connectivity index (χ4n) is 4.68. The molecule has 2 fully saturated rings. The molecule has 6 nitrogen and oxygen atoms in total. The van der Waals surface area contributed by atoms with Gasteiger partial charge < -0.3 is 9.64 Å². The molecule has 33 heavy (non-hydrogen) atoms. The lowest BCUT2D eigenvalue weighted by molar-refractivity contribution is -0.139. The SMILES string of the molecule is O=C(c1cccc(F)c1-c1ncccn1)N1C[C@H]2C[C@@H](Oc3ncccc3C(F)(F)F)[C@@H]1C2. The minimum atomic E-state index is -4.61. The number of amides is 1. The number of rotatable bonds is 4. The number of alkyl halides is 3. The summed E-state index contributed by atoms with van der Waals surface area (Å²) >= 11 is 0. The summed E-state index contributed by atoms with van der Waals surface area (Å²) in [6.45, 7) is 0.420. The third-order valence-electron chi connectivity index (χ3n) is 6.06. The number of likely N-dealkylation sites (tertiary alicyclic amines) is 1. The molecule has 1 aliphatic carbocycles. The van der Waals surface area contributed by atoms with Crippen molar-refractivity contribution in [2.75, 3.05) is 6.54 Å². The Morgan fingerprint density at radius 1 is 1.00 bits per heavy atom. The fraction of sp³-hybridized carbons (Fsp3) is 0.304. The molecule has 5 rings (SSSR count). The molecule has 2 bridgehead atoms. The molecule has 1 saturated carbocycles. The van der Waals surface area contributed by atoms with Crippen LogP contribution in [-0.4, -0.2) is 44.4 Å². The minimum absolute atomic E-state index is 0.00701. The van der Waals surface area contributed by atoms with Crippen molar-refractivity contribution in [2.45, 2.75) is 31.2 Å². The third kappa shape index (κ3) is 3.90. The van der Waals surface area contributed by atoms with Gasteiger partial charge in [0.25, 0.3) is 5.91 Å². The molecule has 1 amide bonds. The Labute approximate surface area is 186 Å². The van der Waals surface area contributed by atoms with Gasteiger partial charge in [-0.05, 0) is 49.1 Å². The number of piperidine rings is 1. The summed E-state index contributed by atoms with van der Waals surface area (Å²) in [7, 11) is 0. The van der Waals surface area contributed by atoms with Crippen LogP contribution < -0.4 is 4.74 Å². The Hall–Kier alpha value is -3.56. The second kappa shape index (κ2) is 8.09. The van der Waals surface area contributed by atoms with Crippen LogP contribution in [0.2, 0.25) is 0 Å². The van der Waals surface area contributed by atoms with Crippen LogP contribution in [0, 0.1) is 11.7 Å². The maximum atomic E-state index is 14.7. The van der Waals surface area contributed by atoms with Crippen LogP contribution in [0.3, 0.4) is 0 Å². The first-order valence-corrected chi connectivity index (χ1v) is 10.4. The smallest absolute Gasteiger partial charge is 0.421 e. The van der Waals surface area contributed by atoms with Gasteiger partial charge in [-0.15, -0.1) is 0 Å². The van der Waals surface area contributed by atoms with E-state index in [4.69, 9.17) is 4.74 Å². The predicted octanol–water partition coefficient (Wildman–Crippen LogP) is 4.38. The number of hydrogen-bond acceptors (Lipinski definition) is 5. The normalized spacial score (nSPS) is 21.9. The van der Waals surface area contributed by atoms with Gasteiger partial charge in [-0.2, -0.15) is 13.2 Å². The molecule has 1 aliphatic heterocycles. The van der Waals surface area contributed by atoms with Crippen LogP contribution in [0.1, 0.15) is 28.8 Å². The number of carbonyl (C=O) groups excluding carboxylic acids is 1. The lowest BCUT2D eigenvalue weighted by Gasteiger charge is -2.34. The summed E-state index contributed by atoms with van der Waals surface area (Å²) in [5.74, 6) is -1.41. The molecule has 10 heteroatoms. The first kappa shape index (κ1) is 21.3. The molecular formula is C23H18F4N4O2. The van der Waals surface area contributed by atoms with E-state index < -0.39 is 41.5 Å². The van der Waals surface area contributed by atoms with Crippen LogP contribution in [0.4, 0.5) is 17.6 Å². The zero-order valence-electron chi connectivity index (χ0n) is 17.2. The van der Waals surface area contributed by atoms with E-state index in [1.54, 1.807) is 11.0 Å². The summed E-state index contributed by atoms with van der Waals surface area (Å²) in [6.07, 6.45) is -0.000613. The van der Waals surface area contributed by atoms with Crippen molar-refractivity contribution in [3.8, 4) is 17.3 Å². The van der Waals surface area contributed by atoms with Crippen molar-refractivity contribution in [3.05, 3.63) is 71.9 Å². The predicted molar refractivity (Wildman–Crippen MR) is 109 cm³/mol. The number of nitrogens with zero attached hydrogens (tertiary/aromatic N) is 4. The van der Waals surface area contributed by atoms with E-state index in [0.29, 0.717) is 19.4 Å². The minimum Gasteiger partial charge on any atom is -0.472 e. The highest BCUT2D eigenvalue weighted by Gasteiger charge is 2.49. The Bertz CT molecular complexity index is 1190. The maximum absolute atomic E-state index is 14.7. The molecule has 170 valence electrons. The van der Waals surface area contributed by atoms with E-state index in [-0.39, 0.29) is 22.9 Å². The Balaban J connectivity index is 1.43. The number of fused-ring (bicyclic) bond motifs is 2. The van der Waals surface area contributed by atoms with E-state index in [0.717, 1.165) is 6.07 Å². The molecule has 3 heterocycles. The van der Waals surface area contributed by atoms with Crippen LogP contribution in [0.25, 0.3) is 11.4 Å². The number of hydrogen-bond donors (Lipinski definition) is 0. The lowest BCUT2D eigenvalue weighted by Crippen LogP contribution is -2.47. The number of halogens is 4. The first-order chi connectivity index (χ1) is 15.8. The molecule has 1 saturated heterocycles. The largest absolute Gasteiger partial charge is 0.472 e. The Morgan fingerprint density at radius 3 is 2.48 bits per heavy atom. The third-order valence-corrected chi connectivity index (χ3v) is 6.06. The van der Waals surface area contributed by atoms with E-state index in [9.17, 15) is 22.4 Å². The van der Waals surface area contributed by atoms with Crippen molar-refractivity contribution in [1.29, 1.82) is 0 Å². The monoisotopic (exact) mass is 458 g/mol. The van der Waals surface area contributed by atoms with Crippen LogP contribution >= 0.6 is 0 Å². The highest BCUT2D eigenvalue weighted by molar-refractivity contribution is 6.00. The van der Waals surface area contributed by atoms with Crippen molar-refractivity contribution in [2.24, 2.45) is 5.92 Å². The second-order valence-electron chi connectivity index (χ2n) is 8.11. The fourth-order valence-corrected chi connectivity index (χ4v) is 4.68. The summed E-state index contributed by atoms with van der Waals surface area (Å²) in [6, 6.07) is 7.41. The summed E-state index contributed by atoms with van der Waals surface area (Å²) in [4.78, 5) is 26.9. The van der Waals surface area contributed by atoms with Gasteiger partial charge >= 0.3 is 6.18 Å². The molecular weight excluding hydrogens is 440 g/mol. The van der Waals surface area contributed by atoms with Crippen molar-refractivity contribution in [3.63, 3.8) is 0 Å². The first-order valence-electron chi connectivity index (χ1n) is 10.4. The number of aromatic nitrogens is 3. The summed E-state index contributed by atoms with van der Waals surface area (Å²) in [5.41, 5.74) is -0.868. The van der Waals surface area contributed by atoms with Crippen LogP contribution in [0.15, 0.2) is 55.0 Å². The molecule has 0 N–H and O–H groups in total. The number of carbonyl (C=O) groups is 1. The highest BCUT2D eigenvalue weighted by atomic mass is 19.4. The standard InChI is InChI=1S/C23H18F4N4O2/c24-16-6-1-4-14(19(16)20-28-8-3-9-29-20)22(32)31-12-13-10-17(31)18(11-13)33-21-15(23(25,26)27)5-2-7-30-21/h1-9,13,17-18H,10-12H2/t13-,17+,18-/m1/s1. The van der Waals surface area contributed by atoms with Gasteiger partial charge in [0.15, 0.2) is 5.82 Å². The molecule has 2 aromatic heterocycles. The van der Waals surface area contributed by atoms with Gasteiger partial charge in [-0.3, -0.25) is 4.79 Å². The van der Waals surface area contributed by atoms with Gasteiger partial charge in [0.1, 0.15) is 17.5 Å². The molecule has 0 spiro atoms. The molecule has 0 radical (unpaired) electrons. The van der Waals surface area contributed by atoms with Crippen molar-refractivity contribution < 1.29 is 27.1 Å². The zero-order valence-corrected chi connectivity index (χ0v) is 17.2. The molecule has 0 unspecified atom stereocenters. The van der Waals surface area contributed by atoms with Crippen molar-refractivity contribution in [1.82, 2.24) is 19.9 Å². The molecule has 3 aromatic rings. The maximum Gasteiger partial charge on any atom is 0.421 e. The number of ether oxygens (including phenoxy) is 1. The van der Waals surface area contributed by atoms with E-state index in [1.807, 2.05) is 0 Å². The van der Waals surface area contributed by atoms with E-state index in [2.05, 4.69) is 15.0 Å². The quantitative estimate of drug-likeness (QED) is 0.543. The van der Waals surface area contributed by atoms with E-state index in [1.165, 1.54) is 42.9 Å². The zero-order chi connectivity index (χ0) is 23.2. The summed E-state index contributed by atoms with van der Waals surface area (Å²) in [5, 5.41) is 0. The van der Waals surface area contributed by atoms with Crippen molar-refractivity contribution >= 4 is 5.91 Å². The molecule has 1 aromatic carbocycles. The number of pyridine rings is 1. The Morgan fingerprint density at radius 2 is 1.76 bits per heavy atom. The van der Waals surface area contributed by atoms with Gasteiger partial charge in [0.05, 0.1) is 17.2 Å². The van der Waals surface area contributed by atoms with Crippen LogP contribution in [-0.2, 0) is 6.18 Å². The highest BCUT2D eigenvalue weighted by Crippen LogP contribution is 2.43. The van der Waals surface area contributed by atoms with Gasteiger partial charge in [0.2, 0.25) is 5.88 Å². The molecule has 2 aliphatic rings. The number of benzene rings is 1. The lowest BCUT2D eigenvalue weighted by atomic mass is 10.0. The van der Waals surface area contributed by atoms with Gasteiger partial charge in [-0.25, -0.2) is 19.3 Å². The van der Waals surface area contributed by atoms with Gasteiger partial charge in [0, 0.05) is 25.1 Å². The average molecular weight is 458 g/mol. The topological polar surface area (TPSA) is 68.2 Å². The molecule has 3 atom stereocenters. The van der Waals surface area contributed by atoms with E-state index >= 15 is 0 Å². The van der Waals surface area contributed by atoms with Crippen LogP contribution in [0.5, 0.6) is 5.88 Å². The average Bonchev–Trinajstić information content (AvgIpc) is 3.39. The van der Waals surface area contributed by atoms with Gasteiger partial charge in [-0.1, -0.05) is 6.07 Å². The summed E-state index contributed by atoms with van der Waals surface area (Å²) < 4.78 is 60.4. The second-order valence-corrected chi connectivity index (χ2v) is 8.11. The Kier molecular flexibility index (Phi) is 5.22.